The number of carboxylic acid groups (broad SMARTS) is 1. The third kappa shape index (κ3) is 7.92. The van der Waals surface area contributed by atoms with Gasteiger partial charge in [-0.15, -0.1) is 0 Å². The zero-order valence-electron chi connectivity index (χ0n) is 18.3. The van der Waals surface area contributed by atoms with Crippen molar-refractivity contribution in [3.8, 4) is 0 Å². The highest BCUT2D eigenvalue weighted by Gasteiger charge is 2.44. The van der Waals surface area contributed by atoms with Crippen molar-refractivity contribution >= 4 is 11.9 Å². The fourth-order valence-corrected chi connectivity index (χ4v) is 3.53. The Kier molecular flexibility index (Phi) is 9.35. The van der Waals surface area contributed by atoms with Crippen LogP contribution in [-0.4, -0.2) is 59.9 Å². The van der Waals surface area contributed by atoms with Gasteiger partial charge in [0.2, 0.25) is 5.91 Å². The fourth-order valence-electron chi connectivity index (χ4n) is 3.53. The number of aliphatic hydroxyl groups excluding tert-OH is 1. The molecule has 2 aliphatic rings. The number of nitrogens with one attached hydrogen (secondary N) is 1. The first-order valence-electron chi connectivity index (χ1n) is 10.7. The molecule has 1 unspecified atom stereocenters. The number of fused-ring (bicyclic) bond motifs is 1. The van der Waals surface area contributed by atoms with Gasteiger partial charge in [-0.05, 0) is 5.56 Å². The second-order valence-corrected chi connectivity index (χ2v) is 7.68. The van der Waals surface area contributed by atoms with Gasteiger partial charge >= 0.3 is 5.97 Å². The normalized spacial score (nSPS) is 26.3. The summed E-state index contributed by atoms with van der Waals surface area (Å²) in [7, 11) is 0. The summed E-state index contributed by atoms with van der Waals surface area (Å²) in [4.78, 5) is 21.2. The van der Waals surface area contributed by atoms with Crippen molar-refractivity contribution in [2.45, 2.75) is 50.8 Å². The predicted molar refractivity (Wildman–Crippen MR) is 117 cm³/mol. The molecule has 2 aromatic carbocycles. The number of hydrogen-bond donors (Lipinski definition) is 3. The Hall–Kier alpha value is -2.82. The molecule has 2 heterocycles. The fraction of sp³-hybridized carbons (Fsp3) is 0.417. The molecule has 1 amide bonds. The minimum absolute atomic E-state index is 0.00820. The first-order chi connectivity index (χ1) is 15.9. The molecule has 2 saturated heterocycles. The number of hydrogen-bond acceptors (Lipinski definition) is 7. The van der Waals surface area contributed by atoms with Crippen molar-refractivity contribution in [2.24, 2.45) is 0 Å². The predicted octanol–water partition coefficient (Wildman–Crippen LogP) is 2.00. The van der Waals surface area contributed by atoms with Gasteiger partial charge in [0, 0.05) is 25.5 Å². The van der Waals surface area contributed by atoms with Crippen LogP contribution in [0.1, 0.15) is 30.8 Å². The van der Waals surface area contributed by atoms with Crippen molar-refractivity contribution in [3.63, 3.8) is 0 Å². The van der Waals surface area contributed by atoms with E-state index in [1.165, 1.54) is 6.92 Å². The summed E-state index contributed by atoms with van der Waals surface area (Å²) < 4.78 is 22.3. The Bertz CT molecular complexity index is 879. The molecular weight excluding hydrogens is 430 g/mol. The van der Waals surface area contributed by atoms with E-state index < -0.39 is 43.5 Å². The topological polar surface area (TPSA) is 124 Å². The van der Waals surface area contributed by atoms with E-state index in [0.29, 0.717) is 6.54 Å². The van der Waals surface area contributed by atoms with E-state index in [1.807, 2.05) is 60.7 Å². The standard InChI is InChI=1S/C15H18O7.C9H11NO/c16-12(17)8-19-10-6-13(18)21-11-7-20-15(22-14(10)11)9-4-2-1-3-5-9;1-8(11)10-7-9-5-3-2-4-6-9/h1-5,10-11,13-15,18H,6-8H2,(H,16,17);2-6H,7H2,1H3,(H,10,11)/t10-,11-,13+,14+,15?;/m1./s1. The number of carboxylic acids is 1. The molecular formula is C24H29NO8. The van der Waals surface area contributed by atoms with Crippen LogP contribution in [0.3, 0.4) is 0 Å². The number of rotatable bonds is 6. The van der Waals surface area contributed by atoms with Crippen LogP contribution in [0.15, 0.2) is 60.7 Å². The molecule has 3 N–H and O–H groups in total. The molecule has 0 spiro atoms. The van der Waals surface area contributed by atoms with Crippen LogP contribution in [0.5, 0.6) is 0 Å². The maximum atomic E-state index is 10.7. The molecule has 0 aliphatic carbocycles. The largest absolute Gasteiger partial charge is 0.480 e. The van der Waals surface area contributed by atoms with Gasteiger partial charge in [0.1, 0.15) is 18.8 Å². The Morgan fingerprint density at radius 2 is 1.73 bits per heavy atom. The van der Waals surface area contributed by atoms with Gasteiger partial charge in [-0.2, -0.15) is 0 Å². The third-order valence-corrected chi connectivity index (χ3v) is 5.07. The van der Waals surface area contributed by atoms with Crippen LogP contribution in [0.2, 0.25) is 0 Å². The van der Waals surface area contributed by atoms with E-state index >= 15 is 0 Å². The summed E-state index contributed by atoms with van der Waals surface area (Å²) in [5.41, 5.74) is 1.99. The summed E-state index contributed by atoms with van der Waals surface area (Å²) in [5.74, 6) is -1.06. The SMILES string of the molecule is CC(=O)NCc1ccccc1.O=C(O)CO[C@@H]1C[C@@H](O)O[C@@H]2COC(c3ccccc3)O[C@@H]12. The second kappa shape index (κ2) is 12.4. The number of aliphatic carboxylic acids is 1. The van der Waals surface area contributed by atoms with E-state index in [2.05, 4.69) is 5.32 Å². The monoisotopic (exact) mass is 459 g/mol. The Morgan fingerprint density at radius 3 is 2.36 bits per heavy atom. The molecule has 4 rings (SSSR count). The maximum Gasteiger partial charge on any atom is 0.329 e. The average Bonchev–Trinajstić information content (AvgIpc) is 2.82. The number of carbonyl (C=O) groups excluding carboxylic acids is 1. The zero-order chi connectivity index (χ0) is 23.6. The lowest BCUT2D eigenvalue weighted by Crippen LogP contribution is -2.55. The Balaban J connectivity index is 0.000000235. The summed E-state index contributed by atoms with van der Waals surface area (Å²) >= 11 is 0. The molecule has 178 valence electrons. The molecule has 2 fully saturated rings. The lowest BCUT2D eigenvalue weighted by Gasteiger charge is -2.44. The Labute approximate surface area is 192 Å². The van der Waals surface area contributed by atoms with E-state index in [-0.39, 0.29) is 18.9 Å². The molecule has 2 aromatic rings. The molecule has 9 heteroatoms. The van der Waals surface area contributed by atoms with Gasteiger partial charge < -0.3 is 34.5 Å². The highest BCUT2D eigenvalue weighted by molar-refractivity contribution is 5.72. The van der Waals surface area contributed by atoms with Gasteiger partial charge in [-0.25, -0.2) is 4.79 Å². The summed E-state index contributed by atoms with van der Waals surface area (Å²) in [6.07, 6.45) is -2.93. The van der Waals surface area contributed by atoms with E-state index in [9.17, 15) is 14.7 Å². The summed E-state index contributed by atoms with van der Waals surface area (Å²) in [5, 5.41) is 21.2. The molecule has 5 atom stereocenters. The van der Waals surface area contributed by atoms with Gasteiger partial charge in [0.25, 0.3) is 0 Å². The van der Waals surface area contributed by atoms with Crippen LogP contribution in [0.25, 0.3) is 0 Å². The lowest BCUT2D eigenvalue weighted by atomic mass is 10.00. The maximum absolute atomic E-state index is 10.7. The molecule has 0 aromatic heterocycles. The van der Waals surface area contributed by atoms with Crippen LogP contribution in [0, 0.1) is 0 Å². The highest BCUT2D eigenvalue weighted by Crippen LogP contribution is 2.34. The number of aliphatic hydroxyl groups is 1. The zero-order valence-corrected chi connectivity index (χ0v) is 18.3. The van der Waals surface area contributed by atoms with Gasteiger partial charge in [0.15, 0.2) is 12.6 Å². The minimum Gasteiger partial charge on any atom is -0.480 e. The van der Waals surface area contributed by atoms with Crippen molar-refractivity contribution in [2.75, 3.05) is 13.2 Å². The van der Waals surface area contributed by atoms with Crippen LogP contribution in [-0.2, 0) is 35.1 Å². The average molecular weight is 459 g/mol. The van der Waals surface area contributed by atoms with E-state index in [0.717, 1.165) is 11.1 Å². The molecule has 9 nitrogen and oxygen atoms in total. The quantitative estimate of drug-likeness (QED) is 0.599. The summed E-state index contributed by atoms with van der Waals surface area (Å²) in [6.45, 7) is 1.94. The number of amides is 1. The van der Waals surface area contributed by atoms with Crippen molar-refractivity contribution in [3.05, 3.63) is 71.8 Å². The van der Waals surface area contributed by atoms with Crippen LogP contribution >= 0.6 is 0 Å². The third-order valence-electron chi connectivity index (χ3n) is 5.07. The number of ether oxygens (including phenoxy) is 4. The minimum atomic E-state index is -1.07. The van der Waals surface area contributed by atoms with Crippen molar-refractivity contribution in [1.82, 2.24) is 5.32 Å². The Morgan fingerprint density at radius 1 is 1.06 bits per heavy atom. The first kappa shape index (κ1) is 24.8. The second-order valence-electron chi connectivity index (χ2n) is 7.68. The summed E-state index contributed by atoms with van der Waals surface area (Å²) in [6, 6.07) is 19.3. The first-order valence-corrected chi connectivity index (χ1v) is 10.7. The molecule has 33 heavy (non-hydrogen) atoms. The van der Waals surface area contributed by atoms with Crippen LogP contribution < -0.4 is 5.32 Å². The smallest absolute Gasteiger partial charge is 0.329 e. The number of carbonyl (C=O) groups is 2. The van der Waals surface area contributed by atoms with Gasteiger partial charge in [-0.3, -0.25) is 4.79 Å². The van der Waals surface area contributed by atoms with E-state index in [1.54, 1.807) is 0 Å². The van der Waals surface area contributed by atoms with Crippen molar-refractivity contribution in [1.29, 1.82) is 0 Å². The van der Waals surface area contributed by atoms with Crippen molar-refractivity contribution < 1.29 is 38.7 Å². The van der Waals surface area contributed by atoms with E-state index in [4.69, 9.17) is 24.1 Å². The van der Waals surface area contributed by atoms with Gasteiger partial charge in [-0.1, -0.05) is 60.7 Å². The van der Waals surface area contributed by atoms with Crippen LogP contribution in [0.4, 0.5) is 0 Å². The molecule has 0 saturated carbocycles. The highest BCUT2D eigenvalue weighted by atomic mass is 16.7. The molecule has 0 bridgehead atoms. The molecule has 0 radical (unpaired) electrons. The lowest BCUT2D eigenvalue weighted by molar-refractivity contribution is -0.335. The number of benzene rings is 2. The molecule has 2 aliphatic heterocycles. The van der Waals surface area contributed by atoms with Gasteiger partial charge in [0.05, 0.1) is 12.7 Å².